The van der Waals surface area contributed by atoms with Gasteiger partial charge in [-0.15, -0.1) is 0 Å². The standard InChI is InChI=1S/C12H16FNO/c1-14-6-2-3-11-8-9-7-10(13)4-5-12(9)15-11/h4-5,7,11,14H,2-3,6,8H2,1H3. The van der Waals surface area contributed by atoms with Gasteiger partial charge in [0.25, 0.3) is 0 Å². The molecule has 1 aliphatic heterocycles. The molecular weight excluding hydrogens is 193 g/mol. The van der Waals surface area contributed by atoms with Gasteiger partial charge in [-0.1, -0.05) is 0 Å². The molecule has 82 valence electrons. The Morgan fingerprint density at radius 3 is 3.20 bits per heavy atom. The van der Waals surface area contributed by atoms with Crippen LogP contribution < -0.4 is 10.1 Å². The smallest absolute Gasteiger partial charge is 0.123 e. The lowest BCUT2D eigenvalue weighted by atomic mass is 10.1. The maximum atomic E-state index is 12.9. The summed E-state index contributed by atoms with van der Waals surface area (Å²) in [5, 5.41) is 3.11. The molecule has 0 aromatic heterocycles. The summed E-state index contributed by atoms with van der Waals surface area (Å²) in [5.74, 6) is 0.680. The molecule has 2 nitrogen and oxygen atoms in total. The summed E-state index contributed by atoms with van der Waals surface area (Å²) < 4.78 is 18.6. The van der Waals surface area contributed by atoms with E-state index in [-0.39, 0.29) is 11.9 Å². The average molecular weight is 209 g/mol. The van der Waals surface area contributed by atoms with Crippen LogP contribution >= 0.6 is 0 Å². The van der Waals surface area contributed by atoms with Crippen LogP contribution in [0.3, 0.4) is 0 Å². The van der Waals surface area contributed by atoms with Crippen molar-refractivity contribution >= 4 is 0 Å². The Labute approximate surface area is 89.4 Å². The SMILES string of the molecule is CNCCCC1Cc2cc(F)ccc2O1. The summed E-state index contributed by atoms with van der Waals surface area (Å²) in [4.78, 5) is 0. The van der Waals surface area contributed by atoms with Crippen molar-refractivity contribution in [1.29, 1.82) is 0 Å². The molecular formula is C12H16FNO. The highest BCUT2D eigenvalue weighted by molar-refractivity contribution is 5.37. The van der Waals surface area contributed by atoms with Crippen LogP contribution in [0.25, 0.3) is 0 Å². The van der Waals surface area contributed by atoms with Crippen molar-refractivity contribution in [3.63, 3.8) is 0 Å². The first-order valence-corrected chi connectivity index (χ1v) is 5.39. The molecule has 1 unspecified atom stereocenters. The Morgan fingerprint density at radius 1 is 1.53 bits per heavy atom. The zero-order valence-electron chi connectivity index (χ0n) is 8.92. The van der Waals surface area contributed by atoms with E-state index < -0.39 is 0 Å². The molecule has 2 rings (SSSR count). The second kappa shape index (κ2) is 4.62. The summed E-state index contributed by atoms with van der Waals surface area (Å²) in [7, 11) is 1.94. The topological polar surface area (TPSA) is 21.3 Å². The number of hydrogen-bond acceptors (Lipinski definition) is 2. The quantitative estimate of drug-likeness (QED) is 0.767. The Hall–Kier alpha value is -1.09. The predicted octanol–water partition coefficient (Wildman–Crippen LogP) is 2.13. The van der Waals surface area contributed by atoms with E-state index in [0.29, 0.717) is 0 Å². The molecule has 15 heavy (non-hydrogen) atoms. The number of halogens is 1. The fourth-order valence-corrected chi connectivity index (χ4v) is 1.96. The fourth-order valence-electron chi connectivity index (χ4n) is 1.96. The van der Waals surface area contributed by atoms with Crippen LogP contribution in [0.5, 0.6) is 5.75 Å². The van der Waals surface area contributed by atoms with Gasteiger partial charge in [0, 0.05) is 12.0 Å². The van der Waals surface area contributed by atoms with Gasteiger partial charge in [0.15, 0.2) is 0 Å². The lowest BCUT2D eigenvalue weighted by Gasteiger charge is -2.09. The highest BCUT2D eigenvalue weighted by Gasteiger charge is 2.22. The van der Waals surface area contributed by atoms with E-state index in [1.165, 1.54) is 6.07 Å². The van der Waals surface area contributed by atoms with Crippen LogP contribution in [0.2, 0.25) is 0 Å². The molecule has 1 N–H and O–H groups in total. The van der Waals surface area contributed by atoms with Crippen LogP contribution in [0.4, 0.5) is 4.39 Å². The number of nitrogens with one attached hydrogen (secondary N) is 1. The molecule has 0 aliphatic carbocycles. The molecule has 0 spiro atoms. The van der Waals surface area contributed by atoms with Gasteiger partial charge in [-0.3, -0.25) is 0 Å². The number of ether oxygens (including phenoxy) is 1. The zero-order chi connectivity index (χ0) is 10.7. The molecule has 1 aromatic carbocycles. The first-order chi connectivity index (χ1) is 7.29. The molecule has 1 atom stereocenters. The van der Waals surface area contributed by atoms with Gasteiger partial charge < -0.3 is 10.1 Å². The summed E-state index contributed by atoms with van der Waals surface area (Å²) in [6.45, 7) is 1.00. The van der Waals surface area contributed by atoms with E-state index in [9.17, 15) is 4.39 Å². The highest BCUT2D eigenvalue weighted by Crippen LogP contribution is 2.30. The van der Waals surface area contributed by atoms with Crippen LogP contribution in [0.15, 0.2) is 18.2 Å². The van der Waals surface area contributed by atoms with Crippen LogP contribution in [0.1, 0.15) is 18.4 Å². The fraction of sp³-hybridized carbons (Fsp3) is 0.500. The van der Waals surface area contributed by atoms with Crippen molar-refractivity contribution in [2.75, 3.05) is 13.6 Å². The molecule has 1 aliphatic rings. The molecule has 0 saturated carbocycles. The van der Waals surface area contributed by atoms with E-state index in [2.05, 4.69) is 5.32 Å². The van der Waals surface area contributed by atoms with Gasteiger partial charge in [0.1, 0.15) is 17.7 Å². The van der Waals surface area contributed by atoms with Gasteiger partial charge in [-0.05, 0) is 44.6 Å². The second-order valence-electron chi connectivity index (χ2n) is 3.94. The lowest BCUT2D eigenvalue weighted by molar-refractivity contribution is 0.218. The van der Waals surface area contributed by atoms with E-state index in [0.717, 1.165) is 37.1 Å². The van der Waals surface area contributed by atoms with Crippen LogP contribution in [-0.4, -0.2) is 19.7 Å². The number of rotatable bonds is 4. The minimum atomic E-state index is -0.173. The third-order valence-corrected chi connectivity index (χ3v) is 2.72. The van der Waals surface area contributed by atoms with Gasteiger partial charge in [0.2, 0.25) is 0 Å². The largest absolute Gasteiger partial charge is 0.490 e. The van der Waals surface area contributed by atoms with Crippen molar-refractivity contribution in [3.8, 4) is 5.75 Å². The summed E-state index contributed by atoms with van der Waals surface area (Å²) in [6.07, 6.45) is 3.20. The predicted molar refractivity (Wildman–Crippen MR) is 57.7 cm³/mol. The molecule has 0 amide bonds. The number of fused-ring (bicyclic) bond motifs is 1. The van der Waals surface area contributed by atoms with E-state index in [1.54, 1.807) is 12.1 Å². The monoisotopic (exact) mass is 209 g/mol. The highest BCUT2D eigenvalue weighted by atomic mass is 19.1. The Bertz CT molecular complexity index is 340. The third kappa shape index (κ3) is 2.48. The van der Waals surface area contributed by atoms with Crippen molar-refractivity contribution in [3.05, 3.63) is 29.6 Å². The zero-order valence-corrected chi connectivity index (χ0v) is 8.92. The molecule has 0 saturated heterocycles. The summed E-state index contributed by atoms with van der Waals surface area (Å²) in [5.41, 5.74) is 1.00. The Kier molecular flexibility index (Phi) is 3.21. The maximum absolute atomic E-state index is 12.9. The minimum Gasteiger partial charge on any atom is -0.490 e. The normalized spacial score (nSPS) is 18.7. The Morgan fingerprint density at radius 2 is 2.40 bits per heavy atom. The third-order valence-electron chi connectivity index (χ3n) is 2.72. The Balaban J connectivity index is 1.91. The first kappa shape index (κ1) is 10.4. The lowest BCUT2D eigenvalue weighted by Crippen LogP contribution is -2.16. The summed E-state index contributed by atoms with van der Waals surface area (Å²) in [6, 6.07) is 4.75. The van der Waals surface area contributed by atoms with Gasteiger partial charge in [0.05, 0.1) is 0 Å². The van der Waals surface area contributed by atoms with Crippen LogP contribution in [-0.2, 0) is 6.42 Å². The van der Waals surface area contributed by atoms with Gasteiger partial charge >= 0.3 is 0 Å². The van der Waals surface area contributed by atoms with Crippen molar-refractivity contribution in [1.82, 2.24) is 5.32 Å². The van der Waals surface area contributed by atoms with E-state index in [1.807, 2.05) is 7.05 Å². The van der Waals surface area contributed by atoms with Crippen molar-refractivity contribution < 1.29 is 9.13 Å². The van der Waals surface area contributed by atoms with Crippen molar-refractivity contribution in [2.45, 2.75) is 25.4 Å². The molecule has 0 fully saturated rings. The molecule has 0 radical (unpaired) electrons. The maximum Gasteiger partial charge on any atom is 0.123 e. The molecule has 0 bridgehead atoms. The van der Waals surface area contributed by atoms with Crippen molar-refractivity contribution in [2.24, 2.45) is 0 Å². The van der Waals surface area contributed by atoms with E-state index in [4.69, 9.17) is 4.74 Å². The molecule has 3 heteroatoms. The molecule has 1 heterocycles. The minimum absolute atomic E-state index is 0.173. The molecule has 1 aromatic rings. The second-order valence-corrected chi connectivity index (χ2v) is 3.94. The van der Waals surface area contributed by atoms with Gasteiger partial charge in [-0.25, -0.2) is 4.39 Å². The summed E-state index contributed by atoms with van der Waals surface area (Å²) >= 11 is 0. The van der Waals surface area contributed by atoms with Crippen LogP contribution in [0, 0.1) is 5.82 Å². The number of hydrogen-bond donors (Lipinski definition) is 1. The van der Waals surface area contributed by atoms with Gasteiger partial charge in [-0.2, -0.15) is 0 Å². The number of benzene rings is 1. The first-order valence-electron chi connectivity index (χ1n) is 5.39. The van der Waals surface area contributed by atoms with E-state index >= 15 is 0 Å². The average Bonchev–Trinajstić information content (AvgIpc) is 2.60.